The first kappa shape index (κ1) is 15.2. The van der Waals surface area contributed by atoms with Crippen molar-refractivity contribution in [3.8, 4) is 0 Å². The van der Waals surface area contributed by atoms with Crippen molar-refractivity contribution < 1.29 is 23.8 Å². The van der Waals surface area contributed by atoms with Crippen LogP contribution < -0.4 is 0 Å². The Bertz CT molecular complexity index is 191. The molecular formula is C10H19F2NO3. The van der Waals surface area contributed by atoms with Crippen molar-refractivity contribution in [3.63, 3.8) is 0 Å². The van der Waals surface area contributed by atoms with Crippen molar-refractivity contribution >= 4 is 5.97 Å². The van der Waals surface area contributed by atoms with Gasteiger partial charge in [-0.15, -0.1) is 0 Å². The molecule has 0 aliphatic heterocycles. The van der Waals surface area contributed by atoms with Crippen molar-refractivity contribution in [2.24, 2.45) is 0 Å². The summed E-state index contributed by atoms with van der Waals surface area (Å²) >= 11 is 0. The minimum absolute atomic E-state index is 0.120. The van der Waals surface area contributed by atoms with Gasteiger partial charge in [-0.05, 0) is 19.4 Å². The maximum absolute atomic E-state index is 12.1. The number of hydrogen-bond donors (Lipinski definition) is 2. The number of carbonyl (C=O) groups is 1. The van der Waals surface area contributed by atoms with Crippen molar-refractivity contribution in [1.82, 2.24) is 4.90 Å². The van der Waals surface area contributed by atoms with Crippen LogP contribution in [0.2, 0.25) is 0 Å². The van der Waals surface area contributed by atoms with Crippen molar-refractivity contribution in [3.05, 3.63) is 0 Å². The number of alkyl halides is 2. The van der Waals surface area contributed by atoms with Crippen LogP contribution in [0.5, 0.6) is 0 Å². The van der Waals surface area contributed by atoms with E-state index >= 15 is 0 Å². The van der Waals surface area contributed by atoms with E-state index in [2.05, 4.69) is 0 Å². The number of rotatable bonds is 10. The molecule has 0 rings (SSSR count). The fraction of sp³-hybridized carbons (Fsp3) is 0.900. The SMILES string of the molecule is O=C(O)CCCCCN(CCO)CC(F)F. The van der Waals surface area contributed by atoms with Crippen LogP contribution in [0.25, 0.3) is 0 Å². The van der Waals surface area contributed by atoms with E-state index in [1.54, 1.807) is 0 Å². The maximum atomic E-state index is 12.1. The Labute approximate surface area is 93.9 Å². The lowest BCUT2D eigenvalue weighted by molar-refractivity contribution is -0.137. The third-order valence-electron chi connectivity index (χ3n) is 2.18. The molecule has 0 heterocycles. The Hall–Kier alpha value is -0.750. The summed E-state index contributed by atoms with van der Waals surface area (Å²) in [7, 11) is 0. The molecule has 96 valence electrons. The number of aliphatic hydroxyl groups is 1. The Morgan fingerprint density at radius 3 is 2.38 bits per heavy atom. The molecule has 4 nitrogen and oxygen atoms in total. The smallest absolute Gasteiger partial charge is 0.303 e. The summed E-state index contributed by atoms with van der Waals surface area (Å²) in [4.78, 5) is 11.7. The molecule has 0 aromatic carbocycles. The summed E-state index contributed by atoms with van der Waals surface area (Å²) in [5.41, 5.74) is 0. The summed E-state index contributed by atoms with van der Waals surface area (Å²) < 4.78 is 24.2. The van der Waals surface area contributed by atoms with E-state index in [9.17, 15) is 13.6 Å². The Kier molecular flexibility index (Phi) is 9.03. The molecule has 6 heteroatoms. The van der Waals surface area contributed by atoms with Crippen LogP contribution in [0.1, 0.15) is 25.7 Å². The van der Waals surface area contributed by atoms with Gasteiger partial charge in [0.1, 0.15) is 0 Å². The van der Waals surface area contributed by atoms with Crippen LogP contribution in [0.3, 0.4) is 0 Å². The normalized spacial score (nSPS) is 11.3. The van der Waals surface area contributed by atoms with Gasteiger partial charge in [-0.1, -0.05) is 6.42 Å². The monoisotopic (exact) mass is 239 g/mol. The van der Waals surface area contributed by atoms with Gasteiger partial charge in [-0.2, -0.15) is 0 Å². The summed E-state index contributed by atoms with van der Waals surface area (Å²) in [6, 6.07) is 0. The highest BCUT2D eigenvalue weighted by Gasteiger charge is 2.10. The fourth-order valence-corrected chi connectivity index (χ4v) is 1.42. The Morgan fingerprint density at radius 1 is 1.19 bits per heavy atom. The van der Waals surface area contributed by atoms with Gasteiger partial charge in [-0.3, -0.25) is 9.69 Å². The quantitative estimate of drug-likeness (QED) is 0.562. The van der Waals surface area contributed by atoms with Crippen LogP contribution in [0, 0.1) is 0 Å². The third kappa shape index (κ3) is 9.79. The molecular weight excluding hydrogens is 220 g/mol. The zero-order valence-electron chi connectivity index (χ0n) is 9.24. The lowest BCUT2D eigenvalue weighted by atomic mass is 10.2. The first-order valence-electron chi connectivity index (χ1n) is 5.39. The lowest BCUT2D eigenvalue weighted by Crippen LogP contribution is -2.32. The number of aliphatic carboxylic acids is 1. The summed E-state index contributed by atoms with van der Waals surface area (Å²) in [6.07, 6.45) is -0.325. The number of hydrogen-bond acceptors (Lipinski definition) is 3. The molecule has 0 aliphatic rings. The first-order chi connectivity index (χ1) is 7.56. The highest BCUT2D eigenvalue weighted by molar-refractivity contribution is 5.66. The van der Waals surface area contributed by atoms with Gasteiger partial charge in [0, 0.05) is 13.0 Å². The molecule has 0 saturated carbocycles. The van der Waals surface area contributed by atoms with Gasteiger partial charge < -0.3 is 10.2 Å². The predicted molar refractivity (Wildman–Crippen MR) is 55.6 cm³/mol. The summed E-state index contributed by atoms with van der Waals surface area (Å²) in [5, 5.41) is 17.0. The summed E-state index contributed by atoms with van der Waals surface area (Å²) in [5.74, 6) is -0.834. The number of halogens is 2. The van der Waals surface area contributed by atoms with Gasteiger partial charge in [0.25, 0.3) is 6.43 Å². The van der Waals surface area contributed by atoms with E-state index in [1.165, 1.54) is 4.90 Å². The molecule has 0 radical (unpaired) electrons. The number of carboxylic acid groups (broad SMARTS) is 1. The Morgan fingerprint density at radius 2 is 1.88 bits per heavy atom. The zero-order chi connectivity index (χ0) is 12.4. The van der Waals surface area contributed by atoms with E-state index in [1.807, 2.05) is 0 Å². The van der Waals surface area contributed by atoms with Crippen LogP contribution in [0.4, 0.5) is 8.78 Å². The molecule has 16 heavy (non-hydrogen) atoms. The number of unbranched alkanes of at least 4 members (excludes halogenated alkanes) is 2. The van der Waals surface area contributed by atoms with Gasteiger partial charge in [0.2, 0.25) is 0 Å². The number of carboxylic acids is 1. The first-order valence-corrected chi connectivity index (χ1v) is 5.39. The highest BCUT2D eigenvalue weighted by Crippen LogP contribution is 2.04. The molecule has 0 atom stereocenters. The largest absolute Gasteiger partial charge is 0.481 e. The zero-order valence-corrected chi connectivity index (χ0v) is 9.24. The van der Waals surface area contributed by atoms with Crippen molar-refractivity contribution in [1.29, 1.82) is 0 Å². The fourth-order valence-electron chi connectivity index (χ4n) is 1.42. The molecule has 0 saturated heterocycles. The van der Waals surface area contributed by atoms with Crippen LogP contribution in [-0.2, 0) is 4.79 Å². The molecule has 2 N–H and O–H groups in total. The molecule has 0 spiro atoms. The number of nitrogens with zero attached hydrogens (tertiary/aromatic N) is 1. The maximum Gasteiger partial charge on any atom is 0.303 e. The molecule has 0 amide bonds. The average Bonchev–Trinajstić information content (AvgIpc) is 2.16. The standard InChI is InChI=1S/C10H19F2NO3/c11-9(12)8-13(6-7-14)5-3-1-2-4-10(15)16/h9,14H,1-8H2,(H,15,16). The number of aliphatic hydroxyl groups excluding tert-OH is 1. The third-order valence-corrected chi connectivity index (χ3v) is 2.18. The lowest BCUT2D eigenvalue weighted by Gasteiger charge is -2.20. The average molecular weight is 239 g/mol. The van der Waals surface area contributed by atoms with Crippen LogP contribution in [-0.4, -0.2) is 53.7 Å². The van der Waals surface area contributed by atoms with Crippen molar-refractivity contribution in [2.45, 2.75) is 32.1 Å². The molecule has 0 bridgehead atoms. The highest BCUT2D eigenvalue weighted by atomic mass is 19.3. The van der Waals surface area contributed by atoms with Crippen LogP contribution in [0.15, 0.2) is 0 Å². The topological polar surface area (TPSA) is 60.8 Å². The molecule has 0 unspecified atom stereocenters. The molecule has 0 aromatic rings. The molecule has 0 aromatic heterocycles. The van der Waals surface area contributed by atoms with Gasteiger partial charge >= 0.3 is 5.97 Å². The second-order valence-corrected chi connectivity index (χ2v) is 3.62. The van der Waals surface area contributed by atoms with E-state index in [0.29, 0.717) is 25.8 Å². The van der Waals surface area contributed by atoms with E-state index in [4.69, 9.17) is 10.2 Å². The van der Waals surface area contributed by atoms with Crippen molar-refractivity contribution in [2.75, 3.05) is 26.2 Å². The van der Waals surface area contributed by atoms with E-state index in [0.717, 1.165) is 0 Å². The molecule has 0 aliphatic carbocycles. The molecule has 0 fully saturated rings. The minimum Gasteiger partial charge on any atom is -0.481 e. The Balaban J connectivity index is 3.55. The van der Waals surface area contributed by atoms with E-state index in [-0.39, 0.29) is 26.1 Å². The summed E-state index contributed by atoms with van der Waals surface area (Å²) in [6.45, 7) is 0.245. The van der Waals surface area contributed by atoms with E-state index < -0.39 is 12.4 Å². The second-order valence-electron chi connectivity index (χ2n) is 3.62. The van der Waals surface area contributed by atoms with Crippen LogP contribution >= 0.6 is 0 Å². The minimum atomic E-state index is -2.40. The predicted octanol–water partition coefficient (Wildman–Crippen LogP) is 1.19. The van der Waals surface area contributed by atoms with Gasteiger partial charge in [-0.25, -0.2) is 8.78 Å². The van der Waals surface area contributed by atoms with Gasteiger partial charge in [0.15, 0.2) is 0 Å². The second kappa shape index (κ2) is 9.47. The van der Waals surface area contributed by atoms with Gasteiger partial charge in [0.05, 0.1) is 13.2 Å².